The first kappa shape index (κ1) is 12.0. The lowest BCUT2D eigenvalue weighted by atomic mass is 10.1. The molecular weight excluding hydrogens is 281 g/mol. The van der Waals surface area contributed by atoms with Gasteiger partial charge in [0.25, 0.3) is 0 Å². The van der Waals surface area contributed by atoms with Crippen LogP contribution >= 0.6 is 27.5 Å². The maximum Gasteiger partial charge on any atom is 0.337 e. The third kappa shape index (κ3) is 2.49. The number of methoxy groups -OCH3 is 1. The molecule has 0 radical (unpaired) electrons. The Balaban J connectivity index is 3.33. The molecule has 0 aliphatic carbocycles. The van der Waals surface area contributed by atoms with Crippen LogP contribution < -0.4 is 0 Å². The Bertz CT molecular complexity index is 440. The van der Waals surface area contributed by atoms with Crippen LogP contribution in [-0.4, -0.2) is 13.1 Å². The van der Waals surface area contributed by atoms with E-state index in [9.17, 15) is 4.79 Å². The van der Waals surface area contributed by atoms with E-state index in [4.69, 9.17) is 16.9 Å². The second-order valence-corrected chi connectivity index (χ2v) is 3.69. The van der Waals surface area contributed by atoms with Crippen LogP contribution in [0.5, 0.6) is 0 Å². The Hall–Kier alpha value is -1.05. The maximum atomic E-state index is 11.2. The predicted octanol–water partition coefficient (Wildman–Crippen LogP) is 2.89. The molecule has 0 aromatic heterocycles. The molecule has 3 nitrogen and oxygen atoms in total. The summed E-state index contributed by atoms with van der Waals surface area (Å²) in [5.41, 5.74) is 1.33. The van der Waals surface area contributed by atoms with Crippen molar-refractivity contribution in [3.05, 3.63) is 33.8 Å². The number of nitriles is 1. The number of halogens is 2. The average Bonchev–Trinajstić information content (AvgIpc) is 2.26. The Morgan fingerprint density at radius 2 is 2.33 bits per heavy atom. The second-order valence-electron chi connectivity index (χ2n) is 2.72. The van der Waals surface area contributed by atoms with E-state index in [1.54, 1.807) is 0 Å². The number of alkyl halides is 1. The minimum atomic E-state index is -0.505. The number of carbonyl (C=O) groups is 1. The van der Waals surface area contributed by atoms with Crippen LogP contribution in [-0.2, 0) is 10.1 Å². The van der Waals surface area contributed by atoms with Gasteiger partial charge in [-0.15, -0.1) is 0 Å². The molecular formula is C10H7BrClNO2. The highest BCUT2D eigenvalue weighted by atomic mass is 79.9. The highest BCUT2D eigenvalue weighted by Crippen LogP contribution is 2.24. The summed E-state index contributed by atoms with van der Waals surface area (Å²) in [5.74, 6) is -0.505. The van der Waals surface area contributed by atoms with Crippen molar-refractivity contribution in [1.29, 1.82) is 5.26 Å². The van der Waals surface area contributed by atoms with Crippen molar-refractivity contribution < 1.29 is 9.53 Å². The summed E-state index contributed by atoms with van der Waals surface area (Å²) in [6, 6.07) is 4.94. The molecule has 0 atom stereocenters. The highest BCUT2D eigenvalue weighted by molar-refractivity contribution is 9.08. The molecule has 0 saturated carbocycles. The number of esters is 1. The third-order valence-corrected chi connectivity index (χ3v) is 2.77. The molecule has 1 aromatic rings. The van der Waals surface area contributed by atoms with E-state index in [0.29, 0.717) is 21.5 Å². The van der Waals surface area contributed by atoms with Gasteiger partial charge in [0, 0.05) is 10.4 Å². The van der Waals surface area contributed by atoms with Crippen molar-refractivity contribution in [1.82, 2.24) is 0 Å². The van der Waals surface area contributed by atoms with Crippen molar-refractivity contribution >= 4 is 33.5 Å². The number of ether oxygens (including phenoxy) is 1. The molecule has 1 rings (SSSR count). The number of benzene rings is 1. The van der Waals surface area contributed by atoms with Gasteiger partial charge in [-0.1, -0.05) is 27.5 Å². The van der Waals surface area contributed by atoms with E-state index in [1.807, 2.05) is 6.07 Å². The molecule has 0 fully saturated rings. The highest BCUT2D eigenvalue weighted by Gasteiger charge is 2.13. The molecule has 0 N–H and O–H groups in total. The zero-order chi connectivity index (χ0) is 11.4. The lowest BCUT2D eigenvalue weighted by Gasteiger charge is -2.05. The van der Waals surface area contributed by atoms with Crippen molar-refractivity contribution in [2.45, 2.75) is 5.33 Å². The van der Waals surface area contributed by atoms with Gasteiger partial charge in [-0.05, 0) is 17.7 Å². The van der Waals surface area contributed by atoms with Crippen LogP contribution in [0.15, 0.2) is 12.1 Å². The molecule has 5 heteroatoms. The summed E-state index contributed by atoms with van der Waals surface area (Å²) in [5, 5.41) is 9.72. The molecule has 0 heterocycles. The molecule has 0 unspecified atom stereocenters. The second kappa shape index (κ2) is 5.15. The van der Waals surface area contributed by atoms with Crippen LogP contribution in [0.2, 0.25) is 5.02 Å². The van der Waals surface area contributed by atoms with E-state index in [-0.39, 0.29) is 5.56 Å². The summed E-state index contributed by atoms with van der Waals surface area (Å²) in [7, 11) is 1.28. The number of hydrogen-bond donors (Lipinski definition) is 0. The first-order valence-electron chi connectivity index (χ1n) is 4.00. The van der Waals surface area contributed by atoms with Gasteiger partial charge in [0.15, 0.2) is 0 Å². The SMILES string of the molecule is COC(=O)c1cc(Cl)c(CBr)c(C#N)c1. The maximum absolute atomic E-state index is 11.2. The van der Waals surface area contributed by atoms with Gasteiger partial charge < -0.3 is 4.74 Å². The molecule has 78 valence electrons. The fraction of sp³-hybridized carbons (Fsp3) is 0.200. The molecule has 0 aliphatic rings. The topological polar surface area (TPSA) is 50.1 Å². The average molecular weight is 289 g/mol. The smallest absolute Gasteiger partial charge is 0.337 e. The van der Waals surface area contributed by atoms with Gasteiger partial charge in [0.1, 0.15) is 0 Å². The summed E-state index contributed by atoms with van der Waals surface area (Å²) in [4.78, 5) is 11.2. The van der Waals surface area contributed by atoms with Gasteiger partial charge in [-0.3, -0.25) is 0 Å². The number of hydrogen-bond acceptors (Lipinski definition) is 3. The molecule has 15 heavy (non-hydrogen) atoms. The molecule has 0 aliphatic heterocycles. The molecule has 1 aromatic carbocycles. The minimum absolute atomic E-state index is 0.281. The van der Waals surface area contributed by atoms with Crippen LogP contribution in [0.25, 0.3) is 0 Å². The Morgan fingerprint density at radius 1 is 1.67 bits per heavy atom. The zero-order valence-corrected chi connectivity index (χ0v) is 10.2. The number of nitrogens with zero attached hydrogens (tertiary/aromatic N) is 1. The van der Waals surface area contributed by atoms with Crippen molar-refractivity contribution in [2.75, 3.05) is 7.11 Å². The monoisotopic (exact) mass is 287 g/mol. The Kier molecular flexibility index (Phi) is 4.13. The lowest BCUT2D eigenvalue weighted by molar-refractivity contribution is 0.0600. The van der Waals surface area contributed by atoms with Gasteiger partial charge in [0.05, 0.1) is 24.3 Å². The van der Waals surface area contributed by atoms with E-state index >= 15 is 0 Å². The summed E-state index contributed by atoms with van der Waals surface area (Å²) in [6.07, 6.45) is 0. The van der Waals surface area contributed by atoms with Crippen LogP contribution in [0.4, 0.5) is 0 Å². The van der Waals surface area contributed by atoms with Crippen molar-refractivity contribution in [3.63, 3.8) is 0 Å². The van der Waals surface area contributed by atoms with Crippen LogP contribution in [0.3, 0.4) is 0 Å². The minimum Gasteiger partial charge on any atom is -0.465 e. The summed E-state index contributed by atoms with van der Waals surface area (Å²) >= 11 is 9.15. The third-order valence-electron chi connectivity index (χ3n) is 1.87. The van der Waals surface area contributed by atoms with Gasteiger partial charge in [-0.25, -0.2) is 4.79 Å². The van der Waals surface area contributed by atoms with E-state index in [1.165, 1.54) is 19.2 Å². The Labute approximate surface area is 101 Å². The van der Waals surface area contributed by atoms with Crippen molar-refractivity contribution in [2.24, 2.45) is 0 Å². The van der Waals surface area contributed by atoms with Gasteiger partial charge in [0.2, 0.25) is 0 Å². The zero-order valence-electron chi connectivity index (χ0n) is 7.88. The predicted molar refractivity (Wildman–Crippen MR) is 60.1 cm³/mol. The van der Waals surface area contributed by atoms with Gasteiger partial charge >= 0.3 is 5.97 Å². The van der Waals surface area contributed by atoms with E-state index < -0.39 is 5.97 Å². The fourth-order valence-electron chi connectivity index (χ4n) is 1.11. The van der Waals surface area contributed by atoms with Crippen LogP contribution in [0, 0.1) is 11.3 Å². The standard InChI is InChI=1S/C10H7BrClNO2/c1-15-10(14)6-2-7(5-13)8(4-11)9(12)3-6/h2-3H,4H2,1H3. The number of carbonyl (C=O) groups excluding carboxylic acids is 1. The van der Waals surface area contributed by atoms with Crippen LogP contribution in [0.1, 0.15) is 21.5 Å². The summed E-state index contributed by atoms with van der Waals surface area (Å²) < 4.78 is 4.55. The quantitative estimate of drug-likeness (QED) is 0.621. The Morgan fingerprint density at radius 3 is 2.80 bits per heavy atom. The first-order valence-corrected chi connectivity index (χ1v) is 5.50. The summed E-state index contributed by atoms with van der Waals surface area (Å²) in [6.45, 7) is 0. The van der Waals surface area contributed by atoms with E-state index in [2.05, 4.69) is 20.7 Å². The number of rotatable bonds is 2. The largest absolute Gasteiger partial charge is 0.465 e. The fourth-order valence-corrected chi connectivity index (χ4v) is 2.16. The molecule has 0 amide bonds. The lowest BCUT2D eigenvalue weighted by Crippen LogP contribution is -2.03. The normalized spacial score (nSPS) is 9.47. The van der Waals surface area contributed by atoms with Crippen molar-refractivity contribution in [3.8, 4) is 6.07 Å². The molecule has 0 bridgehead atoms. The molecule has 0 saturated heterocycles. The first-order chi connectivity index (χ1) is 7.13. The van der Waals surface area contributed by atoms with Gasteiger partial charge in [-0.2, -0.15) is 5.26 Å². The van der Waals surface area contributed by atoms with E-state index in [0.717, 1.165) is 0 Å². The molecule has 0 spiro atoms.